The molecule has 2 aromatic heterocycles. The first-order valence-corrected chi connectivity index (χ1v) is 8.88. The maximum atomic E-state index is 12.5. The molecule has 128 valence electrons. The summed E-state index contributed by atoms with van der Waals surface area (Å²) in [4.78, 5) is 16.7. The molecular formula is C19H21N5O. The van der Waals surface area contributed by atoms with Crippen LogP contribution in [0.15, 0.2) is 42.7 Å². The van der Waals surface area contributed by atoms with Gasteiger partial charge in [0.2, 0.25) is 0 Å². The van der Waals surface area contributed by atoms with Crippen LogP contribution >= 0.6 is 0 Å². The summed E-state index contributed by atoms with van der Waals surface area (Å²) in [5.74, 6) is 1.29. The average molecular weight is 335 g/mol. The van der Waals surface area contributed by atoms with Crippen LogP contribution in [0.5, 0.6) is 0 Å². The van der Waals surface area contributed by atoms with E-state index >= 15 is 0 Å². The molecule has 0 spiro atoms. The number of carbonyl (C=O) groups is 1. The second kappa shape index (κ2) is 7.01. The summed E-state index contributed by atoms with van der Waals surface area (Å²) in [6.07, 6.45) is 10.7. The number of hydrogen-bond donors (Lipinski definition) is 1. The molecule has 1 N–H and O–H groups in total. The van der Waals surface area contributed by atoms with E-state index in [1.165, 1.54) is 25.7 Å². The normalized spacial score (nSPS) is 15.8. The Labute approximate surface area is 146 Å². The molecule has 0 radical (unpaired) electrons. The van der Waals surface area contributed by atoms with Crippen molar-refractivity contribution >= 4 is 11.7 Å². The number of fused-ring (bicyclic) bond motifs is 1. The van der Waals surface area contributed by atoms with Gasteiger partial charge in [-0.25, -0.2) is 4.98 Å². The highest BCUT2D eigenvalue weighted by Crippen LogP contribution is 2.20. The minimum absolute atomic E-state index is 0.00576. The smallest absolute Gasteiger partial charge is 0.255 e. The predicted octanol–water partition coefficient (Wildman–Crippen LogP) is 3.24. The lowest BCUT2D eigenvalue weighted by atomic mass is 10.1. The van der Waals surface area contributed by atoms with E-state index in [0.29, 0.717) is 17.4 Å². The summed E-state index contributed by atoms with van der Waals surface area (Å²) in [5, 5.41) is 11.4. The fourth-order valence-corrected chi connectivity index (χ4v) is 3.40. The number of nitrogens with zero attached hydrogens (tertiary/aromatic N) is 4. The van der Waals surface area contributed by atoms with E-state index in [0.717, 1.165) is 24.2 Å². The van der Waals surface area contributed by atoms with Crippen molar-refractivity contribution in [1.82, 2.24) is 24.9 Å². The van der Waals surface area contributed by atoms with Crippen molar-refractivity contribution in [2.24, 2.45) is 0 Å². The molecule has 0 bridgehead atoms. The molecule has 0 saturated heterocycles. The molecule has 1 aliphatic rings. The monoisotopic (exact) mass is 335 g/mol. The summed E-state index contributed by atoms with van der Waals surface area (Å²) >= 11 is 0. The van der Waals surface area contributed by atoms with Gasteiger partial charge < -0.3 is 5.32 Å². The number of nitrogens with one attached hydrogen (secondary N) is 1. The van der Waals surface area contributed by atoms with Gasteiger partial charge in [-0.05, 0) is 31.0 Å². The van der Waals surface area contributed by atoms with Crippen molar-refractivity contribution in [3.63, 3.8) is 0 Å². The summed E-state index contributed by atoms with van der Waals surface area (Å²) in [6, 6.07) is 9.66. The van der Waals surface area contributed by atoms with Gasteiger partial charge in [0.25, 0.3) is 11.7 Å². The van der Waals surface area contributed by atoms with Crippen LogP contribution in [0.4, 0.5) is 0 Å². The van der Waals surface area contributed by atoms with Gasteiger partial charge in [0, 0.05) is 29.6 Å². The molecule has 1 fully saturated rings. The molecule has 3 aromatic rings. The molecule has 2 heterocycles. The zero-order valence-corrected chi connectivity index (χ0v) is 14.1. The predicted molar refractivity (Wildman–Crippen MR) is 95.2 cm³/mol. The van der Waals surface area contributed by atoms with Crippen LogP contribution in [0.3, 0.4) is 0 Å². The van der Waals surface area contributed by atoms with E-state index in [1.807, 2.05) is 40.9 Å². The second-order valence-corrected chi connectivity index (χ2v) is 6.55. The Morgan fingerprint density at radius 2 is 1.80 bits per heavy atom. The SMILES string of the molecule is O=C(NC1CCCCCC1)c1ccc(-c2nnc3ncccn23)cc1. The quantitative estimate of drug-likeness (QED) is 0.746. The second-order valence-electron chi connectivity index (χ2n) is 6.55. The van der Waals surface area contributed by atoms with Crippen LogP contribution in [0.25, 0.3) is 17.2 Å². The Morgan fingerprint density at radius 3 is 2.56 bits per heavy atom. The maximum absolute atomic E-state index is 12.5. The third kappa shape index (κ3) is 3.38. The first-order chi connectivity index (χ1) is 12.3. The Hall–Kier alpha value is -2.76. The van der Waals surface area contributed by atoms with E-state index in [9.17, 15) is 4.79 Å². The highest BCUT2D eigenvalue weighted by molar-refractivity contribution is 5.94. The highest BCUT2D eigenvalue weighted by Gasteiger charge is 2.16. The first kappa shape index (κ1) is 15.7. The van der Waals surface area contributed by atoms with Gasteiger partial charge in [-0.15, -0.1) is 10.2 Å². The number of aromatic nitrogens is 4. The van der Waals surface area contributed by atoms with E-state index in [-0.39, 0.29) is 5.91 Å². The van der Waals surface area contributed by atoms with Crippen molar-refractivity contribution in [1.29, 1.82) is 0 Å². The molecule has 1 aliphatic carbocycles. The van der Waals surface area contributed by atoms with Crippen LogP contribution in [0.2, 0.25) is 0 Å². The molecule has 25 heavy (non-hydrogen) atoms. The van der Waals surface area contributed by atoms with Gasteiger partial charge in [-0.3, -0.25) is 9.20 Å². The Bertz CT molecular complexity index is 863. The topological polar surface area (TPSA) is 72.2 Å². The lowest BCUT2D eigenvalue weighted by Gasteiger charge is -2.16. The summed E-state index contributed by atoms with van der Waals surface area (Å²) in [5.41, 5.74) is 1.59. The molecule has 6 nitrogen and oxygen atoms in total. The number of carbonyl (C=O) groups excluding carboxylic acids is 1. The minimum Gasteiger partial charge on any atom is -0.349 e. The van der Waals surface area contributed by atoms with Crippen LogP contribution in [-0.4, -0.2) is 31.5 Å². The van der Waals surface area contributed by atoms with Gasteiger partial charge in [0.15, 0.2) is 5.82 Å². The number of hydrogen-bond acceptors (Lipinski definition) is 4. The summed E-state index contributed by atoms with van der Waals surface area (Å²) in [7, 11) is 0. The molecule has 0 atom stereocenters. The van der Waals surface area contributed by atoms with E-state index < -0.39 is 0 Å². The summed E-state index contributed by atoms with van der Waals surface area (Å²) in [6.45, 7) is 0. The Kier molecular flexibility index (Phi) is 4.41. The molecule has 1 amide bonds. The van der Waals surface area contributed by atoms with E-state index in [2.05, 4.69) is 20.5 Å². The van der Waals surface area contributed by atoms with Crippen molar-refractivity contribution < 1.29 is 4.79 Å². The molecule has 0 unspecified atom stereocenters. The fourth-order valence-electron chi connectivity index (χ4n) is 3.40. The van der Waals surface area contributed by atoms with Gasteiger partial charge >= 0.3 is 0 Å². The highest BCUT2D eigenvalue weighted by atomic mass is 16.1. The minimum atomic E-state index is 0.00576. The largest absolute Gasteiger partial charge is 0.349 e. The Balaban J connectivity index is 1.50. The third-order valence-corrected chi connectivity index (χ3v) is 4.78. The van der Waals surface area contributed by atoms with Crippen molar-refractivity contribution in [3.8, 4) is 11.4 Å². The number of benzene rings is 1. The van der Waals surface area contributed by atoms with Crippen molar-refractivity contribution in [2.75, 3.05) is 0 Å². The average Bonchev–Trinajstić information content (AvgIpc) is 2.92. The maximum Gasteiger partial charge on any atom is 0.255 e. The molecule has 1 saturated carbocycles. The molecule has 0 aliphatic heterocycles. The fraction of sp³-hybridized carbons (Fsp3) is 0.368. The van der Waals surface area contributed by atoms with Crippen LogP contribution in [-0.2, 0) is 0 Å². The summed E-state index contributed by atoms with van der Waals surface area (Å²) < 4.78 is 1.83. The lowest BCUT2D eigenvalue weighted by Crippen LogP contribution is -2.34. The Morgan fingerprint density at radius 1 is 1.04 bits per heavy atom. The zero-order chi connectivity index (χ0) is 17.1. The number of amides is 1. The zero-order valence-electron chi connectivity index (χ0n) is 14.1. The van der Waals surface area contributed by atoms with Gasteiger partial charge in [0.1, 0.15) is 0 Å². The van der Waals surface area contributed by atoms with Crippen molar-refractivity contribution in [2.45, 2.75) is 44.6 Å². The molecule has 6 heteroatoms. The van der Waals surface area contributed by atoms with Gasteiger partial charge in [0.05, 0.1) is 0 Å². The van der Waals surface area contributed by atoms with Gasteiger partial charge in [-0.2, -0.15) is 0 Å². The number of rotatable bonds is 3. The van der Waals surface area contributed by atoms with Crippen LogP contribution in [0.1, 0.15) is 48.9 Å². The van der Waals surface area contributed by atoms with Crippen LogP contribution < -0.4 is 5.32 Å². The molecule has 1 aromatic carbocycles. The molecule has 4 rings (SSSR count). The van der Waals surface area contributed by atoms with Crippen LogP contribution in [0, 0.1) is 0 Å². The van der Waals surface area contributed by atoms with Crippen molar-refractivity contribution in [3.05, 3.63) is 48.3 Å². The standard InChI is InChI=1S/C19H21N5O/c25-18(21-16-6-3-1-2-4-7-16)15-10-8-14(9-11-15)17-22-23-19-20-12-5-13-24(17)19/h5,8-13,16H,1-4,6-7H2,(H,21,25). The van der Waals surface area contributed by atoms with E-state index in [4.69, 9.17) is 0 Å². The molecular weight excluding hydrogens is 314 g/mol. The first-order valence-electron chi connectivity index (χ1n) is 8.88. The lowest BCUT2D eigenvalue weighted by molar-refractivity contribution is 0.0933. The van der Waals surface area contributed by atoms with Gasteiger partial charge in [-0.1, -0.05) is 37.8 Å². The van der Waals surface area contributed by atoms with E-state index in [1.54, 1.807) is 6.20 Å². The third-order valence-electron chi connectivity index (χ3n) is 4.78.